The number of halogens is 1. The lowest BCUT2D eigenvalue weighted by Crippen LogP contribution is -2.40. The molecule has 0 bridgehead atoms. The maximum atomic E-state index is 14.1. The third-order valence-electron chi connectivity index (χ3n) is 7.31. The highest BCUT2D eigenvalue weighted by atomic mass is 35.5. The molecular weight excluding hydrogens is 590 g/mol. The summed E-state index contributed by atoms with van der Waals surface area (Å²) in [7, 11) is 2.81. The van der Waals surface area contributed by atoms with E-state index < -0.39 is 12.0 Å². The number of aromatic nitrogens is 2. The molecule has 0 saturated heterocycles. The molecule has 43 heavy (non-hydrogen) atoms. The fourth-order valence-electron chi connectivity index (χ4n) is 5.34. The van der Waals surface area contributed by atoms with Crippen LogP contribution in [0.3, 0.4) is 0 Å². The van der Waals surface area contributed by atoms with Crippen LogP contribution in [-0.2, 0) is 14.3 Å². The number of esters is 2. The molecule has 3 heterocycles. The molecule has 1 atom stereocenters. The second-order valence-electron chi connectivity index (χ2n) is 9.89. The Morgan fingerprint density at radius 1 is 1.05 bits per heavy atom. The van der Waals surface area contributed by atoms with Crippen LogP contribution in [0, 0.1) is 13.8 Å². The van der Waals surface area contributed by atoms with Gasteiger partial charge in [0.2, 0.25) is 0 Å². The van der Waals surface area contributed by atoms with Crippen LogP contribution in [0.25, 0.3) is 11.8 Å². The molecule has 222 valence electrons. The van der Waals surface area contributed by atoms with E-state index in [1.807, 2.05) is 38.1 Å². The van der Waals surface area contributed by atoms with Crippen molar-refractivity contribution < 1.29 is 23.8 Å². The maximum absolute atomic E-state index is 14.1. The van der Waals surface area contributed by atoms with E-state index in [2.05, 4.69) is 9.56 Å². The van der Waals surface area contributed by atoms with Gasteiger partial charge in [-0.05, 0) is 87.9 Å². The van der Waals surface area contributed by atoms with E-state index in [0.29, 0.717) is 43.5 Å². The summed E-state index contributed by atoms with van der Waals surface area (Å²) in [6.07, 6.45) is 1.83. The number of hydrogen-bond donors (Lipinski definition) is 0. The van der Waals surface area contributed by atoms with Crippen LogP contribution in [0.4, 0.5) is 0 Å². The zero-order valence-corrected chi connectivity index (χ0v) is 26.1. The first-order valence-corrected chi connectivity index (χ1v) is 14.7. The highest BCUT2D eigenvalue weighted by Gasteiger charge is 2.35. The van der Waals surface area contributed by atoms with Gasteiger partial charge in [0.15, 0.2) is 4.80 Å². The van der Waals surface area contributed by atoms with E-state index in [4.69, 9.17) is 25.8 Å². The molecule has 9 nitrogen and oxygen atoms in total. The summed E-state index contributed by atoms with van der Waals surface area (Å²) in [5.41, 5.74) is 4.95. The number of methoxy groups -OCH3 is 2. The normalized spacial score (nSPS) is 14.8. The molecule has 0 spiro atoms. The van der Waals surface area contributed by atoms with Crippen molar-refractivity contribution in [3.63, 3.8) is 0 Å². The number of aryl methyl sites for hydroxylation is 1. The van der Waals surface area contributed by atoms with Crippen molar-refractivity contribution >= 4 is 41.0 Å². The van der Waals surface area contributed by atoms with E-state index in [1.54, 1.807) is 44.2 Å². The molecule has 2 aromatic heterocycles. The van der Waals surface area contributed by atoms with Crippen molar-refractivity contribution in [3.05, 3.63) is 113 Å². The molecule has 0 amide bonds. The molecule has 1 aliphatic heterocycles. The second-order valence-corrected chi connectivity index (χ2v) is 11.3. The summed E-state index contributed by atoms with van der Waals surface area (Å²) < 4.78 is 19.8. The van der Waals surface area contributed by atoms with Gasteiger partial charge < -0.3 is 18.8 Å². The van der Waals surface area contributed by atoms with E-state index >= 15 is 0 Å². The molecule has 0 aliphatic carbocycles. The van der Waals surface area contributed by atoms with Gasteiger partial charge in [0.05, 0.1) is 42.2 Å². The molecule has 0 radical (unpaired) electrons. The Hall–Kier alpha value is -4.41. The van der Waals surface area contributed by atoms with Crippen LogP contribution in [0.5, 0.6) is 5.75 Å². The first-order chi connectivity index (χ1) is 20.6. The molecule has 0 fully saturated rings. The summed E-state index contributed by atoms with van der Waals surface area (Å²) >= 11 is 7.60. The topological polar surface area (TPSA) is 101 Å². The molecule has 0 saturated carbocycles. The predicted molar refractivity (Wildman–Crippen MR) is 165 cm³/mol. The number of benzene rings is 2. The number of carbonyl (C=O) groups is 2. The minimum Gasteiger partial charge on any atom is -0.496 e. The van der Waals surface area contributed by atoms with Crippen molar-refractivity contribution in [2.45, 2.75) is 33.7 Å². The zero-order valence-electron chi connectivity index (χ0n) is 24.6. The summed E-state index contributed by atoms with van der Waals surface area (Å²) in [5.74, 6) is -0.497. The molecule has 0 N–H and O–H groups in total. The molecule has 2 aromatic carbocycles. The molecule has 1 aliphatic rings. The van der Waals surface area contributed by atoms with Crippen molar-refractivity contribution in [1.29, 1.82) is 0 Å². The Morgan fingerprint density at radius 3 is 2.42 bits per heavy atom. The Labute approximate surface area is 256 Å². The number of rotatable bonds is 7. The van der Waals surface area contributed by atoms with Crippen molar-refractivity contribution in [2.75, 3.05) is 20.8 Å². The summed E-state index contributed by atoms with van der Waals surface area (Å²) in [4.78, 5) is 44.2. The largest absolute Gasteiger partial charge is 0.496 e. The van der Waals surface area contributed by atoms with Gasteiger partial charge in [-0.3, -0.25) is 9.36 Å². The average molecular weight is 620 g/mol. The van der Waals surface area contributed by atoms with Crippen molar-refractivity contribution in [2.24, 2.45) is 4.99 Å². The number of carbonyl (C=O) groups excluding carboxylic acids is 2. The first-order valence-electron chi connectivity index (χ1n) is 13.5. The average Bonchev–Trinajstić information content (AvgIpc) is 3.45. The van der Waals surface area contributed by atoms with Crippen LogP contribution in [0.2, 0.25) is 5.02 Å². The Morgan fingerprint density at radius 2 is 1.77 bits per heavy atom. The molecular formula is C32H30ClN3O6S. The quantitative estimate of drug-likeness (QED) is 0.279. The number of ether oxygens (including phenoxy) is 3. The van der Waals surface area contributed by atoms with Gasteiger partial charge in [0.1, 0.15) is 11.8 Å². The predicted octanol–water partition coefficient (Wildman–Crippen LogP) is 4.65. The third-order valence-corrected chi connectivity index (χ3v) is 8.52. The third kappa shape index (κ3) is 5.44. The maximum Gasteiger partial charge on any atom is 0.338 e. The summed E-state index contributed by atoms with van der Waals surface area (Å²) in [5, 5.41) is 0.430. The van der Waals surface area contributed by atoms with Crippen LogP contribution >= 0.6 is 22.9 Å². The van der Waals surface area contributed by atoms with Gasteiger partial charge >= 0.3 is 11.9 Å². The van der Waals surface area contributed by atoms with Crippen molar-refractivity contribution in [3.8, 4) is 11.4 Å². The smallest absolute Gasteiger partial charge is 0.338 e. The monoisotopic (exact) mass is 619 g/mol. The fourth-order valence-corrected chi connectivity index (χ4v) is 6.56. The van der Waals surface area contributed by atoms with Crippen LogP contribution in [0.1, 0.15) is 52.8 Å². The second kappa shape index (κ2) is 12.1. The van der Waals surface area contributed by atoms with E-state index in [9.17, 15) is 14.4 Å². The van der Waals surface area contributed by atoms with Gasteiger partial charge in [-0.25, -0.2) is 14.6 Å². The number of nitrogens with zero attached hydrogens (tertiary/aromatic N) is 3. The Kier molecular flexibility index (Phi) is 8.43. The van der Waals surface area contributed by atoms with Crippen molar-refractivity contribution in [1.82, 2.24) is 9.13 Å². The SMILES string of the molecule is CCOC(=O)c1ccc(-n2c(C)cc(/C=c3\sc4n(c3=O)[C@H](c3cc(Cl)ccc3OC)C(C(=O)OC)=C(C)N=4)c2C)cc1. The number of thiazole rings is 1. The van der Waals surface area contributed by atoms with Gasteiger partial charge in [-0.15, -0.1) is 0 Å². The van der Waals surface area contributed by atoms with Gasteiger partial charge in [0, 0.05) is 27.7 Å². The minimum atomic E-state index is -0.857. The van der Waals surface area contributed by atoms with E-state index in [-0.39, 0.29) is 17.1 Å². The van der Waals surface area contributed by atoms with E-state index in [0.717, 1.165) is 22.6 Å². The number of fused-ring (bicyclic) bond motifs is 1. The standard InChI is InChI=1S/C32H30ClN3O6S/c1-7-42-30(38)20-8-11-23(12-9-20)35-17(2)14-21(19(35)4)15-26-29(37)36-28(24-16-22(33)10-13-25(24)40-5)27(31(39)41-6)18(3)34-32(36)43-26/h8-16,28H,7H2,1-6H3/b26-15-/t28-/m1/s1. The van der Waals surface area contributed by atoms with Crippen LogP contribution in [0.15, 0.2) is 69.6 Å². The molecule has 5 rings (SSSR count). The highest BCUT2D eigenvalue weighted by molar-refractivity contribution is 7.07. The minimum absolute atomic E-state index is 0.228. The lowest BCUT2D eigenvalue weighted by molar-refractivity contribution is -0.136. The van der Waals surface area contributed by atoms with E-state index in [1.165, 1.54) is 30.1 Å². The molecule has 0 unspecified atom stereocenters. The fraction of sp³-hybridized carbons (Fsp3) is 0.250. The zero-order chi connectivity index (χ0) is 31.0. The number of allylic oxidation sites excluding steroid dienone is 1. The Balaban J connectivity index is 1.65. The number of hydrogen-bond acceptors (Lipinski definition) is 8. The van der Waals surface area contributed by atoms with Gasteiger partial charge in [-0.2, -0.15) is 0 Å². The summed E-state index contributed by atoms with van der Waals surface area (Å²) in [6.45, 7) is 7.73. The highest BCUT2D eigenvalue weighted by Crippen LogP contribution is 2.37. The summed E-state index contributed by atoms with van der Waals surface area (Å²) in [6, 6.07) is 13.4. The molecule has 4 aromatic rings. The lowest BCUT2D eigenvalue weighted by Gasteiger charge is -2.25. The molecule has 11 heteroatoms. The van der Waals surface area contributed by atoms with Crippen LogP contribution < -0.4 is 19.6 Å². The lowest BCUT2D eigenvalue weighted by atomic mass is 9.95. The first kappa shape index (κ1) is 30.1. The van der Waals surface area contributed by atoms with Crippen LogP contribution in [-0.4, -0.2) is 41.9 Å². The van der Waals surface area contributed by atoms with Gasteiger partial charge in [-0.1, -0.05) is 22.9 Å². The Bertz CT molecular complexity index is 1970. The van der Waals surface area contributed by atoms with Gasteiger partial charge in [0.25, 0.3) is 5.56 Å².